The molecule has 1 rings (SSSR count). The lowest BCUT2D eigenvalue weighted by Gasteiger charge is -2.09. The number of hydrogen-bond donors (Lipinski definition) is 0. The highest BCUT2D eigenvalue weighted by molar-refractivity contribution is 7.86. The van der Waals surface area contributed by atoms with Crippen LogP contribution in [-0.2, 0) is 14.9 Å². The quantitative estimate of drug-likeness (QED) is 0.558. The van der Waals surface area contributed by atoms with Crippen LogP contribution in [0.3, 0.4) is 0 Å². The summed E-state index contributed by atoms with van der Waals surface area (Å²) in [5.41, 5.74) is 0. The van der Waals surface area contributed by atoms with Crippen LogP contribution in [0.2, 0.25) is 0 Å². The summed E-state index contributed by atoms with van der Waals surface area (Å²) >= 11 is 0. The fraction of sp³-hybridized carbons (Fsp3) is 0.222. The van der Waals surface area contributed by atoms with E-state index in [4.69, 9.17) is 4.74 Å². The van der Waals surface area contributed by atoms with Crippen molar-refractivity contribution in [3.63, 3.8) is 0 Å². The number of methoxy groups -OCH3 is 1. The van der Waals surface area contributed by atoms with Crippen molar-refractivity contribution in [1.29, 1.82) is 0 Å². The van der Waals surface area contributed by atoms with Gasteiger partial charge < -0.3 is 13.7 Å². The van der Waals surface area contributed by atoms with E-state index in [9.17, 15) is 13.2 Å². The van der Waals surface area contributed by atoms with Crippen LogP contribution in [0.15, 0.2) is 18.2 Å². The van der Waals surface area contributed by atoms with Gasteiger partial charge in [-0.1, -0.05) is 0 Å². The van der Waals surface area contributed by atoms with Crippen LogP contribution in [0.25, 0.3) is 0 Å². The van der Waals surface area contributed by atoms with Gasteiger partial charge >= 0.3 is 10.1 Å². The van der Waals surface area contributed by atoms with Crippen molar-refractivity contribution in [3.8, 4) is 17.2 Å². The van der Waals surface area contributed by atoms with Gasteiger partial charge in [-0.05, 0) is 12.1 Å². The largest absolute Gasteiger partial charge is 0.493 e. The number of carbonyl (C=O) groups is 1. The van der Waals surface area contributed by atoms with Crippen LogP contribution in [0.4, 0.5) is 0 Å². The predicted octanol–water partition coefficient (Wildman–Crippen LogP) is 0.569. The number of carbonyl (C=O) groups excluding carboxylic acids is 1. The lowest BCUT2D eigenvalue weighted by atomic mass is 10.3. The maximum absolute atomic E-state index is 10.9. The van der Waals surface area contributed by atoms with Crippen molar-refractivity contribution in [2.75, 3.05) is 13.4 Å². The standard InChI is InChI=1S/C9H10O6S/c1-13-8-4-3-7(14-6-10)5-9(8)15-16(2,11)12/h3-6H,1-2H3. The second-order valence-electron chi connectivity index (χ2n) is 2.81. The summed E-state index contributed by atoms with van der Waals surface area (Å²) in [5, 5.41) is 0. The Morgan fingerprint density at radius 1 is 1.25 bits per heavy atom. The summed E-state index contributed by atoms with van der Waals surface area (Å²) in [4.78, 5) is 10.1. The van der Waals surface area contributed by atoms with E-state index in [1.54, 1.807) is 0 Å². The molecule has 0 bridgehead atoms. The monoisotopic (exact) mass is 246 g/mol. The molecule has 1 aromatic carbocycles. The molecule has 0 spiro atoms. The van der Waals surface area contributed by atoms with Gasteiger partial charge in [-0.2, -0.15) is 8.42 Å². The lowest BCUT2D eigenvalue weighted by molar-refractivity contribution is -0.120. The zero-order valence-corrected chi connectivity index (χ0v) is 9.48. The van der Waals surface area contributed by atoms with Gasteiger partial charge in [0, 0.05) is 6.07 Å². The van der Waals surface area contributed by atoms with E-state index in [0.717, 1.165) is 6.26 Å². The first kappa shape index (κ1) is 12.3. The number of hydrogen-bond acceptors (Lipinski definition) is 6. The van der Waals surface area contributed by atoms with Crippen molar-refractivity contribution in [3.05, 3.63) is 18.2 Å². The van der Waals surface area contributed by atoms with E-state index in [2.05, 4.69) is 8.92 Å². The molecule has 0 amide bonds. The molecule has 0 fully saturated rings. The van der Waals surface area contributed by atoms with Crippen molar-refractivity contribution in [2.24, 2.45) is 0 Å². The Hall–Kier alpha value is -1.76. The molecule has 16 heavy (non-hydrogen) atoms. The summed E-state index contributed by atoms with van der Waals surface area (Å²) < 4.78 is 36.0. The highest BCUT2D eigenvalue weighted by Crippen LogP contribution is 2.31. The molecule has 0 radical (unpaired) electrons. The van der Waals surface area contributed by atoms with E-state index in [1.165, 1.54) is 25.3 Å². The summed E-state index contributed by atoms with van der Waals surface area (Å²) in [6.45, 7) is 0.228. The highest BCUT2D eigenvalue weighted by atomic mass is 32.2. The van der Waals surface area contributed by atoms with Crippen LogP contribution in [0, 0.1) is 0 Å². The smallest absolute Gasteiger partial charge is 0.306 e. The molecule has 6 nitrogen and oxygen atoms in total. The molecular weight excluding hydrogens is 236 g/mol. The fourth-order valence-electron chi connectivity index (χ4n) is 1.01. The minimum atomic E-state index is -3.67. The van der Waals surface area contributed by atoms with Gasteiger partial charge in [0.25, 0.3) is 6.47 Å². The Bertz CT molecular complexity index is 479. The van der Waals surface area contributed by atoms with Crippen LogP contribution in [-0.4, -0.2) is 28.3 Å². The normalized spacial score (nSPS) is 10.6. The minimum absolute atomic E-state index is 0.0376. The van der Waals surface area contributed by atoms with Gasteiger partial charge in [0.1, 0.15) is 5.75 Å². The number of rotatable bonds is 5. The first-order valence-corrected chi connectivity index (χ1v) is 5.95. The van der Waals surface area contributed by atoms with E-state index in [0.29, 0.717) is 0 Å². The first-order valence-electron chi connectivity index (χ1n) is 4.14. The maximum Gasteiger partial charge on any atom is 0.306 e. The van der Waals surface area contributed by atoms with Gasteiger partial charge in [0.2, 0.25) is 0 Å². The minimum Gasteiger partial charge on any atom is -0.493 e. The summed E-state index contributed by atoms with van der Waals surface area (Å²) in [7, 11) is -2.30. The van der Waals surface area contributed by atoms with Gasteiger partial charge in [-0.25, -0.2) is 0 Å². The SMILES string of the molecule is COc1ccc(OC=O)cc1OS(C)(=O)=O. The lowest BCUT2D eigenvalue weighted by Crippen LogP contribution is -2.07. The average Bonchev–Trinajstić information content (AvgIpc) is 2.16. The van der Waals surface area contributed by atoms with Crippen molar-refractivity contribution >= 4 is 16.6 Å². The number of benzene rings is 1. The zero-order chi connectivity index (χ0) is 12.2. The molecule has 0 saturated heterocycles. The van der Waals surface area contributed by atoms with Gasteiger partial charge in [-0.3, -0.25) is 4.79 Å². The topological polar surface area (TPSA) is 78.9 Å². The Morgan fingerprint density at radius 3 is 2.44 bits per heavy atom. The van der Waals surface area contributed by atoms with E-state index >= 15 is 0 Å². The third-order valence-corrected chi connectivity index (χ3v) is 2.04. The second kappa shape index (κ2) is 4.84. The van der Waals surface area contributed by atoms with E-state index < -0.39 is 10.1 Å². The summed E-state index contributed by atoms with van der Waals surface area (Å²) in [5.74, 6) is 0.350. The maximum atomic E-state index is 10.9. The molecule has 0 atom stereocenters. The summed E-state index contributed by atoms with van der Waals surface area (Å²) in [6.07, 6.45) is 0.902. The highest BCUT2D eigenvalue weighted by Gasteiger charge is 2.12. The van der Waals surface area contributed by atoms with E-state index in [-0.39, 0.29) is 23.7 Å². The molecule has 0 aliphatic carbocycles. The molecule has 7 heteroatoms. The van der Waals surface area contributed by atoms with Crippen LogP contribution < -0.4 is 13.7 Å². The molecule has 0 aliphatic rings. The molecule has 0 heterocycles. The zero-order valence-electron chi connectivity index (χ0n) is 8.67. The molecular formula is C9H10O6S. The Balaban J connectivity index is 3.11. The van der Waals surface area contributed by atoms with Gasteiger partial charge in [0.15, 0.2) is 11.5 Å². The van der Waals surface area contributed by atoms with Crippen molar-refractivity contribution < 1.29 is 26.9 Å². The number of ether oxygens (including phenoxy) is 2. The van der Waals surface area contributed by atoms with Crippen LogP contribution >= 0.6 is 0 Å². The Kier molecular flexibility index (Phi) is 3.73. The van der Waals surface area contributed by atoms with Gasteiger partial charge in [-0.15, -0.1) is 0 Å². The molecule has 0 unspecified atom stereocenters. The molecule has 88 valence electrons. The summed E-state index contributed by atoms with van der Waals surface area (Å²) in [6, 6.07) is 4.12. The molecule has 1 aromatic rings. The Morgan fingerprint density at radius 2 is 1.94 bits per heavy atom. The molecule has 0 aromatic heterocycles. The predicted molar refractivity (Wildman–Crippen MR) is 55.2 cm³/mol. The fourth-order valence-corrected chi connectivity index (χ4v) is 1.47. The van der Waals surface area contributed by atoms with Crippen LogP contribution in [0.1, 0.15) is 0 Å². The van der Waals surface area contributed by atoms with Crippen molar-refractivity contribution in [1.82, 2.24) is 0 Å². The third kappa shape index (κ3) is 3.43. The molecule has 0 aliphatic heterocycles. The van der Waals surface area contributed by atoms with Crippen LogP contribution in [0.5, 0.6) is 17.2 Å². The van der Waals surface area contributed by atoms with Gasteiger partial charge in [0.05, 0.1) is 13.4 Å². The molecule has 0 N–H and O–H groups in total. The first-order chi connectivity index (χ1) is 7.46. The average molecular weight is 246 g/mol. The van der Waals surface area contributed by atoms with Crippen molar-refractivity contribution in [2.45, 2.75) is 0 Å². The third-order valence-electron chi connectivity index (χ3n) is 1.56. The molecule has 0 saturated carbocycles. The second-order valence-corrected chi connectivity index (χ2v) is 4.39. The van der Waals surface area contributed by atoms with E-state index in [1.807, 2.05) is 0 Å². The Labute approximate surface area is 92.9 Å².